The number of aromatic amines is 1. The van der Waals surface area contributed by atoms with Crippen LogP contribution in [0.5, 0.6) is 0 Å². The molecule has 0 aliphatic heterocycles. The molecule has 0 unspecified atom stereocenters. The fourth-order valence-corrected chi connectivity index (χ4v) is 2.32. The molecule has 1 aromatic carbocycles. The number of aromatic nitrogens is 4. The zero-order valence-electron chi connectivity index (χ0n) is 9.91. The lowest BCUT2D eigenvalue weighted by atomic mass is 10.3. The second kappa shape index (κ2) is 5.15. The van der Waals surface area contributed by atoms with Crippen molar-refractivity contribution in [2.75, 3.05) is 5.73 Å². The fraction of sp³-hybridized carbons (Fsp3) is 0.0833. The van der Waals surface area contributed by atoms with Crippen LogP contribution in [-0.2, 0) is 5.75 Å². The van der Waals surface area contributed by atoms with E-state index < -0.39 is 0 Å². The van der Waals surface area contributed by atoms with E-state index in [4.69, 9.17) is 10.3 Å². The van der Waals surface area contributed by atoms with E-state index in [1.54, 1.807) is 18.0 Å². The van der Waals surface area contributed by atoms with Crippen molar-refractivity contribution in [3.05, 3.63) is 42.4 Å². The molecule has 3 N–H and O–H groups in total. The van der Waals surface area contributed by atoms with E-state index >= 15 is 0 Å². The quantitative estimate of drug-likeness (QED) is 0.708. The van der Waals surface area contributed by atoms with Crippen molar-refractivity contribution in [3.8, 4) is 11.5 Å². The van der Waals surface area contributed by atoms with Gasteiger partial charge in [0.1, 0.15) is 11.4 Å². The van der Waals surface area contributed by atoms with Crippen molar-refractivity contribution in [2.24, 2.45) is 0 Å². The summed E-state index contributed by atoms with van der Waals surface area (Å²) in [5.74, 6) is 2.08. The van der Waals surface area contributed by atoms with E-state index in [0.29, 0.717) is 28.8 Å². The molecule has 0 spiro atoms. The molecule has 7 heteroatoms. The fourth-order valence-electron chi connectivity index (χ4n) is 1.55. The highest BCUT2D eigenvalue weighted by Crippen LogP contribution is 2.24. The Hall–Kier alpha value is -2.28. The lowest BCUT2D eigenvalue weighted by Gasteiger charge is -1.96. The maximum absolute atomic E-state index is 5.70. The van der Waals surface area contributed by atoms with E-state index in [-0.39, 0.29) is 0 Å². The van der Waals surface area contributed by atoms with Crippen molar-refractivity contribution in [1.82, 2.24) is 20.3 Å². The molecule has 0 saturated heterocycles. The molecule has 0 aliphatic carbocycles. The monoisotopic (exact) mass is 273 g/mol. The first kappa shape index (κ1) is 11.8. The minimum Gasteiger partial charge on any atom is -0.383 e. The first-order valence-corrected chi connectivity index (χ1v) is 6.61. The van der Waals surface area contributed by atoms with Crippen LogP contribution in [0.3, 0.4) is 0 Å². The number of hydrogen-bond acceptors (Lipinski definition) is 6. The van der Waals surface area contributed by atoms with Gasteiger partial charge >= 0.3 is 0 Å². The molecule has 2 aromatic heterocycles. The van der Waals surface area contributed by atoms with Gasteiger partial charge in [0.25, 0.3) is 5.89 Å². The molecule has 0 radical (unpaired) electrons. The Bertz CT molecular complexity index is 664. The smallest absolute Gasteiger partial charge is 0.263 e. The van der Waals surface area contributed by atoms with E-state index in [1.165, 1.54) is 0 Å². The van der Waals surface area contributed by atoms with Crippen LogP contribution in [0.1, 0.15) is 5.82 Å². The summed E-state index contributed by atoms with van der Waals surface area (Å²) in [6, 6.07) is 10.1. The van der Waals surface area contributed by atoms with Gasteiger partial charge in [-0.25, -0.2) is 0 Å². The SMILES string of the molecule is Nc1[nH]ncc1-c1nc(CSc2ccccc2)no1. The molecule has 3 rings (SSSR count). The van der Waals surface area contributed by atoms with Gasteiger partial charge in [0.2, 0.25) is 0 Å². The Morgan fingerprint density at radius 3 is 2.84 bits per heavy atom. The second-order valence-corrected chi connectivity index (χ2v) is 4.86. The number of nitrogens with one attached hydrogen (secondary N) is 1. The molecule has 19 heavy (non-hydrogen) atoms. The van der Waals surface area contributed by atoms with E-state index in [1.807, 2.05) is 30.3 Å². The van der Waals surface area contributed by atoms with Gasteiger partial charge in [-0.3, -0.25) is 5.10 Å². The van der Waals surface area contributed by atoms with Crippen LogP contribution >= 0.6 is 11.8 Å². The Morgan fingerprint density at radius 2 is 2.11 bits per heavy atom. The van der Waals surface area contributed by atoms with Gasteiger partial charge in [0.15, 0.2) is 5.82 Å². The molecule has 6 nitrogen and oxygen atoms in total. The summed E-state index contributed by atoms with van der Waals surface area (Å²) in [6.07, 6.45) is 1.57. The highest BCUT2D eigenvalue weighted by Gasteiger charge is 2.13. The Kier molecular flexibility index (Phi) is 3.20. The lowest BCUT2D eigenvalue weighted by molar-refractivity contribution is 0.425. The molecule has 0 saturated carbocycles. The van der Waals surface area contributed by atoms with E-state index in [9.17, 15) is 0 Å². The molecule has 2 heterocycles. The van der Waals surface area contributed by atoms with Gasteiger partial charge in [-0.15, -0.1) is 11.8 Å². The van der Waals surface area contributed by atoms with Crippen LogP contribution in [0.15, 0.2) is 45.9 Å². The van der Waals surface area contributed by atoms with Crippen molar-refractivity contribution in [1.29, 1.82) is 0 Å². The summed E-state index contributed by atoms with van der Waals surface area (Å²) >= 11 is 1.65. The van der Waals surface area contributed by atoms with Crippen molar-refractivity contribution in [3.63, 3.8) is 0 Å². The molecule has 3 aromatic rings. The van der Waals surface area contributed by atoms with Gasteiger partial charge < -0.3 is 10.3 Å². The third-order valence-electron chi connectivity index (χ3n) is 2.48. The molecule has 0 bridgehead atoms. The highest BCUT2D eigenvalue weighted by atomic mass is 32.2. The Balaban J connectivity index is 1.71. The molecule has 0 atom stereocenters. The summed E-state index contributed by atoms with van der Waals surface area (Å²) < 4.78 is 5.16. The second-order valence-electron chi connectivity index (χ2n) is 3.81. The lowest BCUT2D eigenvalue weighted by Crippen LogP contribution is -1.88. The van der Waals surface area contributed by atoms with Gasteiger partial charge in [-0.1, -0.05) is 23.4 Å². The number of nitrogen functional groups attached to an aromatic ring is 1. The highest BCUT2D eigenvalue weighted by molar-refractivity contribution is 7.98. The number of rotatable bonds is 4. The number of thioether (sulfide) groups is 1. The van der Waals surface area contributed by atoms with Crippen molar-refractivity contribution >= 4 is 17.6 Å². The summed E-state index contributed by atoms with van der Waals surface area (Å²) in [5, 5.41) is 10.4. The van der Waals surface area contributed by atoms with Crippen LogP contribution in [-0.4, -0.2) is 20.3 Å². The number of nitrogens with two attached hydrogens (primary N) is 1. The van der Waals surface area contributed by atoms with E-state index in [0.717, 1.165) is 4.90 Å². The third kappa shape index (κ3) is 2.60. The van der Waals surface area contributed by atoms with Crippen LogP contribution < -0.4 is 5.73 Å². The normalized spacial score (nSPS) is 10.7. The number of benzene rings is 1. The molecule has 0 fully saturated rings. The zero-order valence-corrected chi connectivity index (χ0v) is 10.7. The molecule has 0 amide bonds. The first-order valence-electron chi connectivity index (χ1n) is 5.62. The molecular weight excluding hydrogens is 262 g/mol. The summed E-state index contributed by atoms with van der Waals surface area (Å²) in [4.78, 5) is 5.45. The molecule has 96 valence electrons. The minimum atomic E-state index is 0.384. The van der Waals surface area contributed by atoms with Crippen LogP contribution in [0.25, 0.3) is 11.5 Å². The minimum absolute atomic E-state index is 0.384. The van der Waals surface area contributed by atoms with Gasteiger partial charge in [0, 0.05) is 4.90 Å². The van der Waals surface area contributed by atoms with Gasteiger partial charge in [0.05, 0.1) is 11.9 Å². The number of anilines is 1. The average molecular weight is 273 g/mol. The number of hydrogen-bond donors (Lipinski definition) is 2. The summed E-state index contributed by atoms with van der Waals surface area (Å²) in [6.45, 7) is 0. The maximum Gasteiger partial charge on any atom is 0.263 e. The number of H-pyrrole nitrogens is 1. The van der Waals surface area contributed by atoms with Gasteiger partial charge in [-0.05, 0) is 12.1 Å². The first-order chi connectivity index (χ1) is 9.33. The summed E-state index contributed by atoms with van der Waals surface area (Å²) in [7, 11) is 0. The predicted molar refractivity (Wildman–Crippen MR) is 72.3 cm³/mol. The standard InChI is InChI=1S/C12H11N5OS/c13-11-9(6-14-16-11)12-15-10(17-18-12)7-19-8-4-2-1-3-5-8/h1-6H,7H2,(H3,13,14,16). The Labute approximate surface area is 113 Å². The number of nitrogens with zero attached hydrogens (tertiary/aromatic N) is 3. The topological polar surface area (TPSA) is 93.6 Å². The Morgan fingerprint density at radius 1 is 1.26 bits per heavy atom. The maximum atomic E-state index is 5.70. The predicted octanol–water partition coefficient (Wildman–Crippen LogP) is 2.33. The molecule has 0 aliphatic rings. The van der Waals surface area contributed by atoms with Crippen LogP contribution in [0.4, 0.5) is 5.82 Å². The van der Waals surface area contributed by atoms with Crippen LogP contribution in [0, 0.1) is 0 Å². The zero-order chi connectivity index (χ0) is 13.1. The van der Waals surface area contributed by atoms with Crippen molar-refractivity contribution in [2.45, 2.75) is 10.6 Å². The van der Waals surface area contributed by atoms with E-state index in [2.05, 4.69) is 20.3 Å². The van der Waals surface area contributed by atoms with Gasteiger partial charge in [-0.2, -0.15) is 10.1 Å². The van der Waals surface area contributed by atoms with Crippen LogP contribution in [0.2, 0.25) is 0 Å². The summed E-state index contributed by atoms with van der Waals surface area (Å²) in [5.41, 5.74) is 6.32. The largest absolute Gasteiger partial charge is 0.383 e. The molecular formula is C12H11N5OS. The average Bonchev–Trinajstić information content (AvgIpc) is 3.06. The third-order valence-corrected chi connectivity index (χ3v) is 3.49. The van der Waals surface area contributed by atoms with Crippen molar-refractivity contribution < 1.29 is 4.52 Å².